The van der Waals surface area contributed by atoms with Gasteiger partial charge in [0.2, 0.25) is 16.0 Å². The summed E-state index contributed by atoms with van der Waals surface area (Å²) >= 11 is 0. The minimum Gasteiger partial charge on any atom is -0.373 e. The van der Waals surface area contributed by atoms with Gasteiger partial charge >= 0.3 is 0 Å². The molecule has 1 aliphatic heterocycles. The molecule has 3 N–H and O–H groups in total. The van der Waals surface area contributed by atoms with Crippen LogP contribution in [0, 0.1) is 0 Å². The smallest absolute Gasteiger partial charge is 0.240 e. The molecule has 33 heavy (non-hydrogen) atoms. The van der Waals surface area contributed by atoms with Crippen LogP contribution in [0.4, 0.5) is 17.3 Å². The van der Waals surface area contributed by atoms with Crippen molar-refractivity contribution in [1.29, 1.82) is 0 Å². The molecular formula is C24H27N5O3S. The number of hydrogen-bond donors (Lipinski definition) is 3. The van der Waals surface area contributed by atoms with E-state index in [9.17, 15) is 13.5 Å². The fraction of sp³-hybridized carbons (Fsp3) is 0.333. The highest BCUT2D eigenvalue weighted by atomic mass is 32.2. The molecular weight excluding hydrogens is 438 g/mol. The number of aliphatic hydroxyl groups excluding tert-OH is 1. The molecule has 0 bridgehead atoms. The normalized spacial score (nSPS) is 18.5. The van der Waals surface area contributed by atoms with Gasteiger partial charge in [0.1, 0.15) is 6.23 Å². The number of benzene rings is 2. The van der Waals surface area contributed by atoms with Crippen LogP contribution in [0.1, 0.15) is 31.2 Å². The molecule has 1 aliphatic carbocycles. The van der Waals surface area contributed by atoms with E-state index in [1.54, 1.807) is 30.5 Å². The number of sulfonamides is 1. The SMILES string of the molecule is CN1c2ccccc2-c2nc(Nc3ccc(S(=O)(=O)NC4CCCC4)cc3)ncc2CC1O. The lowest BCUT2D eigenvalue weighted by molar-refractivity contribution is 0.176. The quantitative estimate of drug-likeness (QED) is 0.530. The molecule has 1 aromatic heterocycles. The molecule has 2 aromatic carbocycles. The highest BCUT2D eigenvalue weighted by Crippen LogP contribution is 2.36. The van der Waals surface area contributed by atoms with Crippen molar-refractivity contribution in [3.05, 3.63) is 60.3 Å². The number of hydrogen-bond acceptors (Lipinski definition) is 7. The van der Waals surface area contributed by atoms with Crippen LogP contribution in [0.5, 0.6) is 0 Å². The molecule has 8 nitrogen and oxygen atoms in total. The first-order valence-corrected chi connectivity index (χ1v) is 12.6. The van der Waals surface area contributed by atoms with Gasteiger partial charge in [-0.15, -0.1) is 0 Å². The van der Waals surface area contributed by atoms with E-state index in [0.29, 0.717) is 18.1 Å². The number of nitrogens with zero attached hydrogens (tertiary/aromatic N) is 3. The first kappa shape index (κ1) is 21.8. The predicted octanol–water partition coefficient (Wildman–Crippen LogP) is 3.42. The highest BCUT2D eigenvalue weighted by molar-refractivity contribution is 7.89. The molecule has 0 spiro atoms. The summed E-state index contributed by atoms with van der Waals surface area (Å²) < 4.78 is 28.1. The molecule has 2 aliphatic rings. The Labute approximate surface area is 193 Å². The number of aliphatic hydroxyl groups is 1. The maximum absolute atomic E-state index is 12.6. The second-order valence-corrected chi connectivity index (χ2v) is 10.3. The van der Waals surface area contributed by atoms with Crippen LogP contribution >= 0.6 is 0 Å². The standard InChI is InChI=1S/C24H27N5O3S/c1-29-21-9-5-4-8-20(21)23-16(14-22(29)30)15-25-24(27-23)26-17-10-12-19(13-11-17)33(31,32)28-18-6-2-3-7-18/h4-5,8-13,15,18,22,28,30H,2-3,6-7,14H2,1H3,(H,25,26,27). The lowest BCUT2D eigenvalue weighted by Gasteiger charge is -2.24. The largest absolute Gasteiger partial charge is 0.373 e. The van der Waals surface area contributed by atoms with Crippen LogP contribution in [0.3, 0.4) is 0 Å². The summed E-state index contributed by atoms with van der Waals surface area (Å²) in [5.74, 6) is 0.405. The molecule has 1 fully saturated rings. The van der Waals surface area contributed by atoms with Crippen LogP contribution in [-0.2, 0) is 16.4 Å². The molecule has 1 atom stereocenters. The molecule has 1 saturated carbocycles. The van der Waals surface area contributed by atoms with Crippen molar-refractivity contribution in [2.24, 2.45) is 0 Å². The van der Waals surface area contributed by atoms with Crippen LogP contribution in [0.25, 0.3) is 11.3 Å². The minimum atomic E-state index is -3.53. The van der Waals surface area contributed by atoms with E-state index < -0.39 is 16.3 Å². The zero-order chi connectivity index (χ0) is 23.0. The lowest BCUT2D eigenvalue weighted by atomic mass is 10.1. The molecule has 0 radical (unpaired) electrons. The second kappa shape index (κ2) is 8.74. The van der Waals surface area contributed by atoms with Crippen molar-refractivity contribution >= 4 is 27.3 Å². The van der Waals surface area contributed by atoms with Crippen molar-refractivity contribution < 1.29 is 13.5 Å². The third kappa shape index (κ3) is 4.44. The van der Waals surface area contributed by atoms with Gasteiger partial charge in [0.15, 0.2) is 0 Å². The Morgan fingerprint density at radius 3 is 2.55 bits per heavy atom. The number of aromatic nitrogens is 2. The molecule has 3 aromatic rings. The fourth-order valence-electron chi connectivity index (χ4n) is 4.50. The van der Waals surface area contributed by atoms with Gasteiger partial charge in [-0.3, -0.25) is 0 Å². The maximum Gasteiger partial charge on any atom is 0.240 e. The Morgan fingerprint density at radius 1 is 1.06 bits per heavy atom. The summed E-state index contributed by atoms with van der Waals surface area (Å²) in [5, 5.41) is 13.7. The number of para-hydroxylation sites is 1. The van der Waals surface area contributed by atoms with E-state index in [2.05, 4.69) is 15.0 Å². The molecule has 9 heteroatoms. The number of rotatable bonds is 5. The van der Waals surface area contributed by atoms with Gasteiger partial charge in [-0.1, -0.05) is 31.0 Å². The molecule has 0 saturated heterocycles. The first-order valence-electron chi connectivity index (χ1n) is 11.2. The lowest BCUT2D eigenvalue weighted by Crippen LogP contribution is -2.32. The molecule has 172 valence electrons. The predicted molar refractivity (Wildman–Crippen MR) is 128 cm³/mol. The van der Waals surface area contributed by atoms with Crippen molar-refractivity contribution in [3.63, 3.8) is 0 Å². The zero-order valence-electron chi connectivity index (χ0n) is 18.4. The molecule has 0 amide bonds. The average Bonchev–Trinajstić information content (AvgIpc) is 3.29. The first-order chi connectivity index (χ1) is 15.9. The monoisotopic (exact) mass is 465 g/mol. The van der Waals surface area contributed by atoms with Gasteiger partial charge in [-0.2, -0.15) is 0 Å². The Bertz CT molecular complexity index is 1260. The fourth-order valence-corrected chi connectivity index (χ4v) is 5.81. The van der Waals surface area contributed by atoms with Gasteiger partial charge in [0.05, 0.1) is 10.6 Å². The third-order valence-corrected chi connectivity index (χ3v) is 7.89. The maximum atomic E-state index is 12.6. The van der Waals surface area contributed by atoms with Crippen molar-refractivity contribution in [3.8, 4) is 11.3 Å². The van der Waals surface area contributed by atoms with E-state index in [4.69, 9.17) is 4.98 Å². The summed E-state index contributed by atoms with van der Waals surface area (Å²) in [4.78, 5) is 11.2. The highest BCUT2D eigenvalue weighted by Gasteiger charge is 2.25. The topological polar surface area (TPSA) is 107 Å². The van der Waals surface area contributed by atoms with Gasteiger partial charge in [-0.25, -0.2) is 23.1 Å². The average molecular weight is 466 g/mol. The molecule has 2 heterocycles. The summed E-state index contributed by atoms with van der Waals surface area (Å²) in [7, 11) is -1.67. The second-order valence-electron chi connectivity index (χ2n) is 8.63. The van der Waals surface area contributed by atoms with E-state index in [0.717, 1.165) is 48.2 Å². The van der Waals surface area contributed by atoms with E-state index in [1.807, 2.05) is 36.2 Å². The van der Waals surface area contributed by atoms with Crippen LogP contribution in [-0.4, -0.2) is 42.8 Å². The summed E-state index contributed by atoms with van der Waals surface area (Å²) in [6, 6.07) is 14.5. The van der Waals surface area contributed by atoms with Crippen LogP contribution in [0.15, 0.2) is 59.6 Å². The minimum absolute atomic E-state index is 0.0289. The Morgan fingerprint density at radius 2 is 1.79 bits per heavy atom. The summed E-state index contributed by atoms with van der Waals surface area (Å²) in [6.07, 6.45) is 5.40. The summed E-state index contributed by atoms with van der Waals surface area (Å²) in [5.41, 5.74) is 4.15. The number of anilines is 3. The van der Waals surface area contributed by atoms with Crippen molar-refractivity contribution in [2.45, 2.75) is 49.3 Å². The van der Waals surface area contributed by atoms with E-state index in [1.165, 1.54) is 0 Å². The molecule has 5 rings (SSSR count). The molecule has 1 unspecified atom stereocenters. The van der Waals surface area contributed by atoms with Crippen LogP contribution in [0.2, 0.25) is 0 Å². The Hall–Kier alpha value is -3.01. The van der Waals surface area contributed by atoms with Crippen molar-refractivity contribution in [1.82, 2.24) is 14.7 Å². The van der Waals surface area contributed by atoms with Crippen LogP contribution < -0.4 is 14.9 Å². The van der Waals surface area contributed by atoms with Gasteiger partial charge in [-0.05, 0) is 43.2 Å². The number of fused-ring (bicyclic) bond motifs is 3. The van der Waals surface area contributed by atoms with Crippen molar-refractivity contribution in [2.75, 3.05) is 17.3 Å². The summed E-state index contributed by atoms with van der Waals surface area (Å²) in [6.45, 7) is 0. The Balaban J connectivity index is 1.39. The number of likely N-dealkylation sites (N-methyl/N-ethyl adjacent to an activating group) is 1. The zero-order valence-corrected chi connectivity index (χ0v) is 19.2. The number of nitrogens with one attached hydrogen (secondary N) is 2. The van der Waals surface area contributed by atoms with Gasteiger partial charge < -0.3 is 15.3 Å². The van der Waals surface area contributed by atoms with E-state index in [-0.39, 0.29) is 10.9 Å². The Kier molecular flexibility index (Phi) is 5.77. The van der Waals surface area contributed by atoms with E-state index >= 15 is 0 Å². The van der Waals surface area contributed by atoms with Gasteiger partial charge in [0, 0.05) is 48.2 Å². The third-order valence-electron chi connectivity index (χ3n) is 6.35. The van der Waals surface area contributed by atoms with Gasteiger partial charge in [0.25, 0.3) is 0 Å².